The SMILES string of the molecule is CCCn1nncc1C(NC)C1CCC(C)(C)CC1. The predicted octanol–water partition coefficient (Wildman–Crippen LogP) is 3.17. The van der Waals surface area contributed by atoms with Crippen molar-refractivity contribution in [3.05, 3.63) is 11.9 Å². The molecule has 1 aliphatic carbocycles. The highest BCUT2D eigenvalue weighted by Crippen LogP contribution is 2.42. The standard InChI is InChI=1S/C15H28N4/c1-5-10-19-13(11-17-18-19)14(16-4)12-6-8-15(2,3)9-7-12/h11-12,14,16H,5-10H2,1-4H3. The van der Waals surface area contributed by atoms with Gasteiger partial charge < -0.3 is 5.32 Å². The van der Waals surface area contributed by atoms with Gasteiger partial charge in [0.15, 0.2) is 0 Å². The van der Waals surface area contributed by atoms with Crippen molar-refractivity contribution in [1.29, 1.82) is 0 Å². The molecule has 1 unspecified atom stereocenters. The molecule has 1 fully saturated rings. The molecule has 0 aromatic carbocycles. The van der Waals surface area contributed by atoms with E-state index < -0.39 is 0 Å². The summed E-state index contributed by atoms with van der Waals surface area (Å²) in [6, 6.07) is 0.401. The van der Waals surface area contributed by atoms with Crippen molar-refractivity contribution in [2.24, 2.45) is 11.3 Å². The zero-order valence-electron chi connectivity index (χ0n) is 12.8. The Morgan fingerprint density at radius 1 is 1.42 bits per heavy atom. The normalized spacial score (nSPS) is 21.5. The smallest absolute Gasteiger partial charge is 0.0759 e. The van der Waals surface area contributed by atoms with Gasteiger partial charge in [0.25, 0.3) is 0 Å². The van der Waals surface area contributed by atoms with Crippen molar-refractivity contribution in [1.82, 2.24) is 20.3 Å². The second kappa shape index (κ2) is 6.04. The van der Waals surface area contributed by atoms with Gasteiger partial charge >= 0.3 is 0 Å². The molecular formula is C15H28N4. The zero-order chi connectivity index (χ0) is 13.9. The van der Waals surface area contributed by atoms with Gasteiger partial charge in [-0.15, -0.1) is 5.10 Å². The molecule has 4 heteroatoms. The summed E-state index contributed by atoms with van der Waals surface area (Å²) < 4.78 is 2.07. The number of hydrogen-bond donors (Lipinski definition) is 1. The number of hydrogen-bond acceptors (Lipinski definition) is 3. The summed E-state index contributed by atoms with van der Waals surface area (Å²) in [6.07, 6.45) is 8.29. The van der Waals surface area contributed by atoms with Gasteiger partial charge in [0.05, 0.1) is 17.9 Å². The minimum absolute atomic E-state index is 0.401. The molecule has 0 saturated heterocycles. The highest BCUT2D eigenvalue weighted by atomic mass is 15.4. The third-order valence-electron chi connectivity index (χ3n) is 4.57. The van der Waals surface area contributed by atoms with Gasteiger partial charge in [-0.05, 0) is 50.5 Å². The van der Waals surface area contributed by atoms with Crippen LogP contribution in [0, 0.1) is 11.3 Å². The van der Waals surface area contributed by atoms with Crippen LogP contribution in [-0.4, -0.2) is 22.0 Å². The first kappa shape index (κ1) is 14.5. The maximum absolute atomic E-state index is 4.22. The van der Waals surface area contributed by atoms with Gasteiger partial charge in [0, 0.05) is 6.54 Å². The van der Waals surface area contributed by atoms with Crippen LogP contribution in [0.15, 0.2) is 6.20 Å². The molecule has 4 nitrogen and oxygen atoms in total. The lowest BCUT2D eigenvalue weighted by atomic mass is 9.70. The van der Waals surface area contributed by atoms with E-state index in [4.69, 9.17) is 0 Å². The van der Waals surface area contributed by atoms with Crippen molar-refractivity contribution < 1.29 is 0 Å². The largest absolute Gasteiger partial charge is 0.311 e. The summed E-state index contributed by atoms with van der Waals surface area (Å²) in [4.78, 5) is 0. The average Bonchev–Trinajstić information content (AvgIpc) is 2.81. The first-order chi connectivity index (χ1) is 9.07. The highest BCUT2D eigenvalue weighted by molar-refractivity contribution is 5.05. The fourth-order valence-electron chi connectivity index (χ4n) is 3.27. The lowest BCUT2D eigenvalue weighted by Gasteiger charge is -2.37. The quantitative estimate of drug-likeness (QED) is 0.888. The molecule has 108 valence electrons. The fraction of sp³-hybridized carbons (Fsp3) is 0.867. The first-order valence-corrected chi connectivity index (χ1v) is 7.63. The van der Waals surface area contributed by atoms with Crippen LogP contribution in [0.4, 0.5) is 0 Å². The highest BCUT2D eigenvalue weighted by Gasteiger charge is 2.32. The van der Waals surface area contributed by atoms with Gasteiger partial charge in [0.2, 0.25) is 0 Å². The Bertz CT molecular complexity index is 387. The Morgan fingerprint density at radius 3 is 2.68 bits per heavy atom. The number of aromatic nitrogens is 3. The number of nitrogens with one attached hydrogen (secondary N) is 1. The number of nitrogens with zero attached hydrogens (tertiary/aromatic N) is 3. The van der Waals surface area contributed by atoms with Crippen LogP contribution in [0.25, 0.3) is 0 Å². The van der Waals surface area contributed by atoms with E-state index in [1.54, 1.807) is 0 Å². The predicted molar refractivity (Wildman–Crippen MR) is 77.9 cm³/mol. The Morgan fingerprint density at radius 2 is 2.11 bits per heavy atom. The minimum atomic E-state index is 0.401. The van der Waals surface area contributed by atoms with Crippen LogP contribution in [-0.2, 0) is 6.54 Å². The molecule has 0 spiro atoms. The zero-order valence-corrected chi connectivity index (χ0v) is 12.8. The lowest BCUT2D eigenvalue weighted by molar-refractivity contribution is 0.161. The van der Waals surface area contributed by atoms with Crippen molar-refractivity contribution in [2.75, 3.05) is 7.05 Å². The summed E-state index contributed by atoms with van der Waals surface area (Å²) >= 11 is 0. The van der Waals surface area contributed by atoms with E-state index in [0.29, 0.717) is 17.4 Å². The lowest BCUT2D eigenvalue weighted by Crippen LogP contribution is -2.32. The molecule has 0 aliphatic heterocycles. The monoisotopic (exact) mass is 264 g/mol. The molecule has 1 heterocycles. The fourth-order valence-corrected chi connectivity index (χ4v) is 3.27. The van der Waals surface area contributed by atoms with E-state index >= 15 is 0 Å². The molecule has 0 amide bonds. The molecule has 1 saturated carbocycles. The maximum atomic E-state index is 4.22. The Hall–Kier alpha value is -0.900. The van der Waals surface area contributed by atoms with Crippen molar-refractivity contribution >= 4 is 0 Å². The topological polar surface area (TPSA) is 42.7 Å². The van der Waals surface area contributed by atoms with Crippen LogP contribution in [0.2, 0.25) is 0 Å². The molecule has 1 aromatic rings. The third-order valence-corrected chi connectivity index (χ3v) is 4.57. The molecule has 0 bridgehead atoms. The molecule has 19 heavy (non-hydrogen) atoms. The summed E-state index contributed by atoms with van der Waals surface area (Å²) in [5.74, 6) is 0.715. The number of aryl methyl sites for hydroxylation is 1. The van der Waals surface area contributed by atoms with Crippen LogP contribution in [0.5, 0.6) is 0 Å². The molecular weight excluding hydrogens is 236 g/mol. The van der Waals surface area contributed by atoms with E-state index in [0.717, 1.165) is 13.0 Å². The van der Waals surface area contributed by atoms with Gasteiger partial charge in [-0.2, -0.15) is 0 Å². The second-order valence-corrected chi connectivity index (χ2v) is 6.65. The molecule has 0 radical (unpaired) electrons. The van der Waals surface area contributed by atoms with E-state index in [2.05, 4.69) is 48.1 Å². The third kappa shape index (κ3) is 3.35. The van der Waals surface area contributed by atoms with E-state index in [1.807, 2.05) is 6.20 Å². The molecule has 1 atom stereocenters. The van der Waals surface area contributed by atoms with Gasteiger partial charge in [-0.3, -0.25) is 0 Å². The van der Waals surface area contributed by atoms with E-state index in [1.165, 1.54) is 31.4 Å². The molecule has 1 N–H and O–H groups in total. The van der Waals surface area contributed by atoms with Crippen LogP contribution in [0.1, 0.15) is 64.6 Å². The molecule has 2 rings (SSSR count). The number of rotatable bonds is 5. The van der Waals surface area contributed by atoms with Crippen molar-refractivity contribution in [2.45, 2.75) is 65.5 Å². The van der Waals surface area contributed by atoms with Crippen LogP contribution >= 0.6 is 0 Å². The van der Waals surface area contributed by atoms with Gasteiger partial charge in [-0.25, -0.2) is 4.68 Å². The summed E-state index contributed by atoms with van der Waals surface area (Å²) in [5, 5.41) is 11.8. The molecule has 1 aliphatic rings. The summed E-state index contributed by atoms with van der Waals surface area (Å²) in [7, 11) is 2.06. The maximum Gasteiger partial charge on any atom is 0.0759 e. The minimum Gasteiger partial charge on any atom is -0.311 e. The van der Waals surface area contributed by atoms with Crippen molar-refractivity contribution in [3.63, 3.8) is 0 Å². The van der Waals surface area contributed by atoms with Gasteiger partial charge in [-0.1, -0.05) is 26.0 Å². The summed E-state index contributed by atoms with van der Waals surface area (Å²) in [5.41, 5.74) is 1.78. The van der Waals surface area contributed by atoms with Crippen LogP contribution in [0.3, 0.4) is 0 Å². The van der Waals surface area contributed by atoms with E-state index in [9.17, 15) is 0 Å². The Labute approximate surface area is 117 Å². The van der Waals surface area contributed by atoms with Crippen LogP contribution < -0.4 is 5.32 Å². The Kier molecular flexibility index (Phi) is 4.61. The van der Waals surface area contributed by atoms with Gasteiger partial charge in [0.1, 0.15) is 0 Å². The Balaban J connectivity index is 2.09. The molecule has 1 aromatic heterocycles. The van der Waals surface area contributed by atoms with E-state index in [-0.39, 0.29) is 0 Å². The first-order valence-electron chi connectivity index (χ1n) is 7.63. The average molecular weight is 264 g/mol. The summed E-state index contributed by atoms with van der Waals surface area (Å²) in [6.45, 7) is 7.93. The second-order valence-electron chi connectivity index (χ2n) is 6.65. The van der Waals surface area contributed by atoms with Crippen molar-refractivity contribution in [3.8, 4) is 0 Å².